The first-order valence-electron chi connectivity index (χ1n) is 7.01. The van der Waals surface area contributed by atoms with Crippen LogP contribution >= 0.6 is 0 Å². The van der Waals surface area contributed by atoms with E-state index in [1.165, 1.54) is 0 Å². The second kappa shape index (κ2) is 3.83. The number of fused-ring (bicyclic) bond motifs is 1. The first-order chi connectivity index (χ1) is 8.71. The van der Waals surface area contributed by atoms with Gasteiger partial charge in [-0.25, -0.2) is 4.79 Å². The van der Waals surface area contributed by atoms with Gasteiger partial charge in [-0.05, 0) is 37.0 Å². The molecule has 0 saturated heterocycles. The van der Waals surface area contributed by atoms with Crippen molar-refractivity contribution >= 4 is 5.97 Å². The number of ether oxygens (including phenoxy) is 1. The molecular weight excluding hydrogens is 244 g/mol. The van der Waals surface area contributed by atoms with Gasteiger partial charge in [0, 0.05) is 17.6 Å². The Bertz CT molecular complexity index is 461. The highest BCUT2D eigenvalue weighted by atomic mass is 16.5. The summed E-state index contributed by atoms with van der Waals surface area (Å²) in [5.74, 6) is -0.309. The smallest absolute Gasteiger partial charge is 0.334 e. The van der Waals surface area contributed by atoms with Gasteiger partial charge in [-0.2, -0.15) is 0 Å². The van der Waals surface area contributed by atoms with Crippen molar-refractivity contribution in [3.05, 3.63) is 11.1 Å². The zero-order valence-corrected chi connectivity index (χ0v) is 11.8. The Morgan fingerprint density at radius 2 is 1.95 bits per heavy atom. The summed E-state index contributed by atoms with van der Waals surface area (Å²) in [6, 6.07) is 0. The molecule has 1 heterocycles. The van der Waals surface area contributed by atoms with Gasteiger partial charge in [0.15, 0.2) is 0 Å². The van der Waals surface area contributed by atoms with Crippen molar-refractivity contribution in [1.29, 1.82) is 0 Å². The van der Waals surface area contributed by atoms with Gasteiger partial charge in [0.1, 0.15) is 6.61 Å². The predicted octanol–water partition coefficient (Wildman–Crippen LogP) is 1.41. The molecule has 0 unspecified atom stereocenters. The summed E-state index contributed by atoms with van der Waals surface area (Å²) in [5, 5.41) is 21.4. The zero-order valence-electron chi connectivity index (χ0n) is 11.8. The van der Waals surface area contributed by atoms with Gasteiger partial charge < -0.3 is 14.9 Å². The van der Waals surface area contributed by atoms with Crippen molar-refractivity contribution in [2.45, 2.75) is 51.7 Å². The molecule has 0 spiro atoms. The second-order valence-electron chi connectivity index (χ2n) is 7.40. The lowest BCUT2D eigenvalue weighted by Gasteiger charge is -2.34. The van der Waals surface area contributed by atoms with E-state index in [1.54, 1.807) is 6.92 Å². The van der Waals surface area contributed by atoms with E-state index in [1.807, 2.05) is 0 Å². The highest BCUT2D eigenvalue weighted by molar-refractivity contribution is 5.92. The lowest BCUT2D eigenvalue weighted by atomic mass is 9.78. The van der Waals surface area contributed by atoms with Crippen LogP contribution in [0.5, 0.6) is 0 Å². The van der Waals surface area contributed by atoms with E-state index in [0.29, 0.717) is 17.6 Å². The molecule has 106 valence electrons. The molecule has 1 aliphatic heterocycles. The number of cyclic esters (lactones) is 1. The van der Waals surface area contributed by atoms with Crippen molar-refractivity contribution < 1.29 is 19.7 Å². The average Bonchev–Trinajstić information content (AvgIpc) is 2.78. The molecule has 3 aliphatic rings. The molecule has 0 aromatic rings. The highest BCUT2D eigenvalue weighted by Gasteiger charge is 2.54. The fraction of sp³-hybridized carbons (Fsp3) is 0.800. The third-order valence-electron chi connectivity index (χ3n) is 5.17. The number of aliphatic hydroxyl groups excluding tert-OH is 1. The number of esters is 1. The van der Waals surface area contributed by atoms with Crippen LogP contribution in [0.4, 0.5) is 0 Å². The summed E-state index contributed by atoms with van der Waals surface area (Å²) in [5.41, 5.74) is 0.391. The van der Waals surface area contributed by atoms with E-state index < -0.39 is 11.7 Å². The van der Waals surface area contributed by atoms with Gasteiger partial charge in [-0.1, -0.05) is 13.8 Å². The Balaban J connectivity index is 2.04. The monoisotopic (exact) mass is 266 g/mol. The first kappa shape index (κ1) is 13.1. The van der Waals surface area contributed by atoms with E-state index in [0.717, 1.165) is 12.8 Å². The first-order valence-corrected chi connectivity index (χ1v) is 7.01. The quantitative estimate of drug-likeness (QED) is 0.651. The van der Waals surface area contributed by atoms with E-state index >= 15 is 0 Å². The fourth-order valence-corrected chi connectivity index (χ4v) is 4.27. The normalized spacial score (nSPS) is 44.7. The van der Waals surface area contributed by atoms with Gasteiger partial charge in [0.25, 0.3) is 0 Å². The van der Waals surface area contributed by atoms with E-state index in [9.17, 15) is 15.0 Å². The van der Waals surface area contributed by atoms with E-state index in [2.05, 4.69) is 13.8 Å². The molecule has 4 atom stereocenters. The van der Waals surface area contributed by atoms with Crippen LogP contribution in [0, 0.1) is 17.3 Å². The van der Waals surface area contributed by atoms with E-state index in [4.69, 9.17) is 4.74 Å². The van der Waals surface area contributed by atoms with Crippen molar-refractivity contribution in [1.82, 2.24) is 0 Å². The Hall–Kier alpha value is -0.870. The number of carbonyl (C=O) groups excluding carboxylic acids is 1. The molecule has 4 nitrogen and oxygen atoms in total. The highest BCUT2D eigenvalue weighted by Crippen LogP contribution is 2.55. The van der Waals surface area contributed by atoms with Gasteiger partial charge in [0.2, 0.25) is 0 Å². The summed E-state index contributed by atoms with van der Waals surface area (Å²) in [4.78, 5) is 11.7. The maximum atomic E-state index is 11.7. The molecule has 4 heteroatoms. The van der Waals surface area contributed by atoms with E-state index in [-0.39, 0.29) is 29.8 Å². The number of hydrogen-bond donors (Lipinski definition) is 2. The van der Waals surface area contributed by atoms with Crippen LogP contribution < -0.4 is 0 Å². The maximum Gasteiger partial charge on any atom is 0.334 e. The zero-order chi connectivity index (χ0) is 14.0. The molecule has 0 aromatic heterocycles. The minimum atomic E-state index is -0.945. The van der Waals surface area contributed by atoms with Crippen molar-refractivity contribution in [3.8, 4) is 0 Å². The molecule has 3 rings (SSSR count). The van der Waals surface area contributed by atoms with Crippen LogP contribution in [0.3, 0.4) is 0 Å². The number of hydrogen-bond acceptors (Lipinski definition) is 4. The third-order valence-corrected chi connectivity index (χ3v) is 5.17. The molecule has 1 fully saturated rings. The van der Waals surface area contributed by atoms with Gasteiger partial charge in [0.05, 0.1) is 11.7 Å². The van der Waals surface area contributed by atoms with Crippen LogP contribution in [-0.2, 0) is 9.53 Å². The van der Waals surface area contributed by atoms with Gasteiger partial charge in [-0.3, -0.25) is 0 Å². The molecule has 0 amide bonds. The Labute approximate surface area is 113 Å². The molecule has 0 aromatic carbocycles. The van der Waals surface area contributed by atoms with Crippen LogP contribution in [0.1, 0.15) is 40.0 Å². The summed E-state index contributed by atoms with van der Waals surface area (Å²) in [6.45, 7) is 6.33. The Morgan fingerprint density at radius 3 is 2.63 bits per heavy atom. The molecule has 1 saturated carbocycles. The molecule has 2 N–H and O–H groups in total. The molecule has 19 heavy (non-hydrogen) atoms. The second-order valence-corrected chi connectivity index (χ2v) is 7.40. The predicted molar refractivity (Wildman–Crippen MR) is 69.2 cm³/mol. The Kier molecular flexibility index (Phi) is 2.64. The van der Waals surface area contributed by atoms with Crippen LogP contribution in [0.25, 0.3) is 0 Å². The average molecular weight is 266 g/mol. The number of aliphatic hydroxyl groups is 2. The minimum absolute atomic E-state index is 0.0204. The Morgan fingerprint density at radius 1 is 1.26 bits per heavy atom. The molecule has 2 aliphatic carbocycles. The summed E-state index contributed by atoms with van der Waals surface area (Å²) in [7, 11) is 0. The van der Waals surface area contributed by atoms with Crippen molar-refractivity contribution in [3.63, 3.8) is 0 Å². The molecular formula is C15H22O4. The lowest BCUT2D eigenvalue weighted by Crippen LogP contribution is -2.39. The number of carbonyl (C=O) groups is 1. The van der Waals surface area contributed by atoms with Crippen molar-refractivity contribution in [2.24, 2.45) is 17.3 Å². The van der Waals surface area contributed by atoms with Gasteiger partial charge in [-0.15, -0.1) is 0 Å². The summed E-state index contributed by atoms with van der Waals surface area (Å²) >= 11 is 0. The van der Waals surface area contributed by atoms with Crippen LogP contribution in [0.2, 0.25) is 0 Å². The van der Waals surface area contributed by atoms with Crippen LogP contribution in [0.15, 0.2) is 11.1 Å². The standard InChI is InChI=1S/C15H22O4/c1-14(2)4-9-11(6-14)15(3,18)5-8-10(12(9)16)7-19-13(8)17/h9,11-12,16,18H,4-7H2,1-3H3/t9-,11+,12-,15-/m1/s1. The molecule has 0 radical (unpaired) electrons. The fourth-order valence-electron chi connectivity index (χ4n) is 4.27. The topological polar surface area (TPSA) is 66.8 Å². The summed E-state index contributed by atoms with van der Waals surface area (Å²) in [6.07, 6.45) is 1.41. The summed E-state index contributed by atoms with van der Waals surface area (Å²) < 4.78 is 5.04. The maximum absolute atomic E-state index is 11.7. The SMILES string of the molecule is CC1(C)C[C@H]2[C@@H](O)C3=C(C[C@@](C)(O)[C@H]2C1)C(=O)OC3. The van der Waals surface area contributed by atoms with Crippen LogP contribution in [-0.4, -0.2) is 34.5 Å². The van der Waals surface area contributed by atoms with Crippen molar-refractivity contribution in [2.75, 3.05) is 6.61 Å². The largest absolute Gasteiger partial charge is 0.458 e. The third kappa shape index (κ3) is 1.93. The minimum Gasteiger partial charge on any atom is -0.458 e. The molecule has 0 bridgehead atoms. The van der Waals surface area contributed by atoms with Gasteiger partial charge >= 0.3 is 5.97 Å². The lowest BCUT2D eigenvalue weighted by molar-refractivity contribution is -0.137. The number of rotatable bonds is 0.